The SMILES string of the molecule is CC1(C)OB(c2cc(S)cc(CN)c2)OC1(C)C. The Balaban J connectivity index is 2.32. The van der Waals surface area contributed by atoms with Gasteiger partial charge in [0.2, 0.25) is 0 Å². The molecule has 1 fully saturated rings. The highest BCUT2D eigenvalue weighted by Gasteiger charge is 2.51. The second kappa shape index (κ2) is 4.56. The summed E-state index contributed by atoms with van der Waals surface area (Å²) in [6, 6.07) is 5.93. The summed E-state index contributed by atoms with van der Waals surface area (Å²) in [5.74, 6) is 0. The molecular formula is C13H20BNO2S. The summed E-state index contributed by atoms with van der Waals surface area (Å²) in [5.41, 5.74) is 7.03. The molecule has 0 amide bonds. The van der Waals surface area contributed by atoms with Crippen LogP contribution in [0, 0.1) is 0 Å². The van der Waals surface area contributed by atoms with Gasteiger partial charge in [-0.15, -0.1) is 12.6 Å². The van der Waals surface area contributed by atoms with Gasteiger partial charge in [0.25, 0.3) is 0 Å². The molecule has 1 aromatic rings. The molecule has 0 radical (unpaired) electrons. The average Bonchev–Trinajstić information content (AvgIpc) is 2.47. The standard InChI is InChI=1S/C13H20BNO2S/c1-12(2)13(3,4)17-14(16-12)10-5-9(8-15)6-11(18)7-10/h5-7,18H,8,15H2,1-4H3. The van der Waals surface area contributed by atoms with Crippen LogP contribution in [0.4, 0.5) is 0 Å². The minimum absolute atomic E-state index is 0.326. The number of nitrogens with two attached hydrogens (primary N) is 1. The lowest BCUT2D eigenvalue weighted by atomic mass is 9.78. The van der Waals surface area contributed by atoms with E-state index in [1.165, 1.54) is 0 Å². The average molecular weight is 265 g/mol. The third-order valence-corrected chi connectivity index (χ3v) is 4.02. The largest absolute Gasteiger partial charge is 0.494 e. The number of hydrogen-bond donors (Lipinski definition) is 2. The summed E-state index contributed by atoms with van der Waals surface area (Å²) in [7, 11) is -0.354. The normalized spacial score (nSPS) is 21.3. The molecule has 0 aliphatic carbocycles. The Kier molecular flexibility index (Phi) is 3.53. The molecule has 1 aliphatic rings. The van der Waals surface area contributed by atoms with Gasteiger partial charge in [-0.3, -0.25) is 0 Å². The van der Waals surface area contributed by atoms with Gasteiger partial charge in [-0.25, -0.2) is 0 Å². The zero-order valence-electron chi connectivity index (χ0n) is 11.4. The zero-order chi connectivity index (χ0) is 13.6. The molecule has 2 N–H and O–H groups in total. The highest BCUT2D eigenvalue weighted by Crippen LogP contribution is 2.36. The van der Waals surface area contributed by atoms with Gasteiger partial charge < -0.3 is 15.0 Å². The van der Waals surface area contributed by atoms with E-state index in [0.717, 1.165) is 15.9 Å². The molecule has 2 rings (SSSR count). The van der Waals surface area contributed by atoms with Crippen LogP contribution < -0.4 is 11.2 Å². The maximum Gasteiger partial charge on any atom is 0.494 e. The quantitative estimate of drug-likeness (QED) is 0.632. The second-order valence-electron chi connectivity index (χ2n) is 5.73. The van der Waals surface area contributed by atoms with E-state index in [2.05, 4.69) is 12.6 Å². The summed E-state index contributed by atoms with van der Waals surface area (Å²) in [5, 5.41) is 0. The van der Waals surface area contributed by atoms with Crippen molar-refractivity contribution in [1.82, 2.24) is 0 Å². The minimum Gasteiger partial charge on any atom is -0.399 e. The zero-order valence-corrected chi connectivity index (χ0v) is 12.3. The molecule has 1 aromatic carbocycles. The van der Waals surface area contributed by atoms with E-state index in [9.17, 15) is 0 Å². The Labute approximate surface area is 115 Å². The van der Waals surface area contributed by atoms with E-state index in [4.69, 9.17) is 15.0 Å². The molecule has 0 spiro atoms. The Bertz CT molecular complexity index is 446. The number of benzene rings is 1. The monoisotopic (exact) mass is 265 g/mol. The summed E-state index contributed by atoms with van der Waals surface area (Å²) in [6.07, 6.45) is 0. The first kappa shape index (κ1) is 13.9. The van der Waals surface area contributed by atoms with Gasteiger partial charge >= 0.3 is 7.12 Å². The van der Waals surface area contributed by atoms with Crippen molar-refractivity contribution in [3.63, 3.8) is 0 Å². The van der Waals surface area contributed by atoms with E-state index >= 15 is 0 Å². The summed E-state index contributed by atoms with van der Waals surface area (Å²) < 4.78 is 12.0. The Morgan fingerprint density at radius 2 is 1.67 bits per heavy atom. The van der Waals surface area contributed by atoms with Crippen molar-refractivity contribution in [2.75, 3.05) is 0 Å². The maximum absolute atomic E-state index is 6.01. The van der Waals surface area contributed by atoms with E-state index in [1.54, 1.807) is 0 Å². The Hall–Kier alpha value is -0.485. The van der Waals surface area contributed by atoms with Gasteiger partial charge in [0, 0.05) is 11.4 Å². The van der Waals surface area contributed by atoms with E-state index < -0.39 is 0 Å². The van der Waals surface area contributed by atoms with Crippen LogP contribution in [-0.4, -0.2) is 18.3 Å². The first-order chi connectivity index (χ1) is 8.25. The topological polar surface area (TPSA) is 44.5 Å². The molecule has 0 bridgehead atoms. The molecule has 3 nitrogen and oxygen atoms in total. The third-order valence-electron chi connectivity index (χ3n) is 3.76. The van der Waals surface area contributed by atoms with Gasteiger partial charge in [-0.2, -0.15) is 0 Å². The fourth-order valence-corrected chi connectivity index (χ4v) is 2.25. The summed E-state index contributed by atoms with van der Waals surface area (Å²) in [6.45, 7) is 8.66. The Morgan fingerprint density at radius 1 is 1.11 bits per heavy atom. The van der Waals surface area contributed by atoms with E-state index in [0.29, 0.717) is 6.54 Å². The lowest BCUT2D eigenvalue weighted by Crippen LogP contribution is -2.41. The van der Waals surface area contributed by atoms with Crippen LogP contribution in [0.15, 0.2) is 23.1 Å². The molecular weight excluding hydrogens is 245 g/mol. The van der Waals surface area contributed by atoms with Crippen molar-refractivity contribution < 1.29 is 9.31 Å². The first-order valence-corrected chi connectivity index (χ1v) is 6.58. The smallest absolute Gasteiger partial charge is 0.399 e. The molecule has 1 saturated heterocycles. The number of rotatable bonds is 2. The fraction of sp³-hybridized carbons (Fsp3) is 0.538. The third kappa shape index (κ3) is 2.45. The van der Waals surface area contributed by atoms with Gasteiger partial charge in [-0.05, 0) is 50.9 Å². The molecule has 0 saturated carbocycles. The van der Waals surface area contributed by atoms with Crippen molar-refractivity contribution >= 4 is 25.2 Å². The van der Waals surface area contributed by atoms with Gasteiger partial charge in [0.15, 0.2) is 0 Å². The van der Waals surface area contributed by atoms with Crippen molar-refractivity contribution in [3.8, 4) is 0 Å². The maximum atomic E-state index is 6.01. The van der Waals surface area contributed by atoms with Crippen LogP contribution in [-0.2, 0) is 15.9 Å². The molecule has 0 atom stereocenters. The van der Waals surface area contributed by atoms with Crippen LogP contribution in [0.3, 0.4) is 0 Å². The van der Waals surface area contributed by atoms with Crippen molar-refractivity contribution in [1.29, 1.82) is 0 Å². The highest BCUT2D eigenvalue weighted by molar-refractivity contribution is 7.80. The lowest BCUT2D eigenvalue weighted by molar-refractivity contribution is 0.00578. The van der Waals surface area contributed by atoms with Crippen LogP contribution >= 0.6 is 12.6 Å². The van der Waals surface area contributed by atoms with Crippen LogP contribution in [0.25, 0.3) is 0 Å². The second-order valence-corrected chi connectivity index (χ2v) is 6.24. The van der Waals surface area contributed by atoms with E-state index in [-0.39, 0.29) is 18.3 Å². The molecule has 98 valence electrons. The van der Waals surface area contributed by atoms with Gasteiger partial charge in [-0.1, -0.05) is 6.07 Å². The fourth-order valence-electron chi connectivity index (χ4n) is 1.93. The summed E-state index contributed by atoms with van der Waals surface area (Å²) >= 11 is 4.39. The molecule has 18 heavy (non-hydrogen) atoms. The highest BCUT2D eigenvalue weighted by atomic mass is 32.1. The lowest BCUT2D eigenvalue weighted by Gasteiger charge is -2.32. The molecule has 1 aliphatic heterocycles. The summed E-state index contributed by atoms with van der Waals surface area (Å²) in [4.78, 5) is 0.877. The minimum atomic E-state index is -0.354. The van der Waals surface area contributed by atoms with Crippen molar-refractivity contribution in [2.24, 2.45) is 5.73 Å². The molecule has 0 aromatic heterocycles. The predicted octanol–water partition coefficient (Wildman–Crippen LogP) is 1.73. The number of thiol groups is 1. The van der Waals surface area contributed by atoms with Crippen LogP contribution in [0.2, 0.25) is 0 Å². The van der Waals surface area contributed by atoms with Gasteiger partial charge in [0.1, 0.15) is 0 Å². The van der Waals surface area contributed by atoms with Crippen LogP contribution in [0.1, 0.15) is 33.3 Å². The Morgan fingerprint density at radius 3 is 2.17 bits per heavy atom. The van der Waals surface area contributed by atoms with E-state index in [1.807, 2.05) is 45.9 Å². The molecule has 5 heteroatoms. The first-order valence-electron chi connectivity index (χ1n) is 6.14. The van der Waals surface area contributed by atoms with Gasteiger partial charge in [0.05, 0.1) is 11.2 Å². The molecule has 1 heterocycles. The van der Waals surface area contributed by atoms with Crippen LogP contribution in [0.5, 0.6) is 0 Å². The predicted molar refractivity (Wildman–Crippen MR) is 77.3 cm³/mol. The number of hydrogen-bond acceptors (Lipinski definition) is 4. The van der Waals surface area contributed by atoms with Crippen molar-refractivity contribution in [2.45, 2.75) is 50.3 Å². The van der Waals surface area contributed by atoms with Crippen molar-refractivity contribution in [3.05, 3.63) is 23.8 Å². The molecule has 0 unspecified atom stereocenters.